The van der Waals surface area contributed by atoms with Gasteiger partial charge in [0, 0.05) is 25.5 Å². The SMILES string of the molecule is CNCC1CCN(C(=O)c2cc3c(C)nn(C)c3s2)C1.Cl. The third kappa shape index (κ3) is 2.93. The lowest BCUT2D eigenvalue weighted by atomic mass is 10.1. The molecule has 0 saturated carbocycles. The van der Waals surface area contributed by atoms with Gasteiger partial charge < -0.3 is 10.2 Å². The lowest BCUT2D eigenvalue weighted by Crippen LogP contribution is -2.29. The van der Waals surface area contributed by atoms with E-state index in [1.165, 1.54) is 0 Å². The molecule has 2 aromatic rings. The number of halogens is 1. The molecule has 0 aromatic carbocycles. The number of carbonyl (C=O) groups excluding carboxylic acids is 1. The number of amides is 1. The van der Waals surface area contributed by atoms with Crippen LogP contribution in [0.25, 0.3) is 10.2 Å². The Morgan fingerprint density at radius 1 is 1.57 bits per heavy atom. The van der Waals surface area contributed by atoms with E-state index in [4.69, 9.17) is 0 Å². The van der Waals surface area contributed by atoms with Crippen molar-refractivity contribution in [2.45, 2.75) is 13.3 Å². The summed E-state index contributed by atoms with van der Waals surface area (Å²) in [6, 6.07) is 2.00. The largest absolute Gasteiger partial charge is 0.338 e. The molecule has 5 nitrogen and oxygen atoms in total. The van der Waals surface area contributed by atoms with Gasteiger partial charge >= 0.3 is 0 Å². The van der Waals surface area contributed by atoms with E-state index in [0.717, 1.165) is 46.8 Å². The summed E-state index contributed by atoms with van der Waals surface area (Å²) in [5.41, 5.74) is 0.993. The first-order valence-corrected chi connectivity index (χ1v) is 7.79. The number of nitrogens with zero attached hydrogens (tertiary/aromatic N) is 3. The zero-order valence-electron chi connectivity index (χ0n) is 12.5. The van der Waals surface area contributed by atoms with Crippen LogP contribution in [0.15, 0.2) is 6.07 Å². The Balaban J connectivity index is 0.00000161. The molecule has 1 fully saturated rings. The third-order valence-electron chi connectivity index (χ3n) is 3.97. The van der Waals surface area contributed by atoms with Gasteiger partial charge in [0.25, 0.3) is 5.91 Å². The molecule has 1 atom stereocenters. The molecule has 3 rings (SSSR count). The lowest BCUT2D eigenvalue weighted by Gasteiger charge is -2.15. The van der Waals surface area contributed by atoms with Gasteiger partial charge in [-0.05, 0) is 38.9 Å². The number of aryl methyl sites for hydroxylation is 2. The summed E-state index contributed by atoms with van der Waals surface area (Å²) in [4.78, 5) is 16.5. The lowest BCUT2D eigenvalue weighted by molar-refractivity contribution is 0.0792. The fourth-order valence-electron chi connectivity index (χ4n) is 2.94. The van der Waals surface area contributed by atoms with Crippen molar-refractivity contribution < 1.29 is 4.79 Å². The maximum absolute atomic E-state index is 12.6. The number of hydrogen-bond acceptors (Lipinski definition) is 4. The van der Waals surface area contributed by atoms with Crippen molar-refractivity contribution in [3.05, 3.63) is 16.6 Å². The zero-order chi connectivity index (χ0) is 14.3. The number of likely N-dealkylation sites (tertiary alicyclic amines) is 1. The molecule has 21 heavy (non-hydrogen) atoms. The molecule has 2 aromatic heterocycles. The van der Waals surface area contributed by atoms with Crippen molar-refractivity contribution in [1.29, 1.82) is 0 Å². The van der Waals surface area contributed by atoms with Crippen LogP contribution in [0.2, 0.25) is 0 Å². The van der Waals surface area contributed by atoms with Gasteiger partial charge in [-0.3, -0.25) is 9.48 Å². The van der Waals surface area contributed by atoms with Gasteiger partial charge in [-0.15, -0.1) is 23.7 Å². The molecule has 1 aliphatic rings. The van der Waals surface area contributed by atoms with Crippen LogP contribution in [0, 0.1) is 12.8 Å². The van der Waals surface area contributed by atoms with Crippen molar-refractivity contribution in [2.75, 3.05) is 26.7 Å². The third-order valence-corrected chi connectivity index (χ3v) is 5.16. The van der Waals surface area contributed by atoms with Gasteiger partial charge in [0.05, 0.1) is 10.6 Å². The smallest absolute Gasteiger partial charge is 0.264 e. The monoisotopic (exact) mass is 328 g/mol. The van der Waals surface area contributed by atoms with Crippen molar-refractivity contribution in [3.8, 4) is 0 Å². The number of carbonyl (C=O) groups is 1. The predicted octanol–water partition coefficient (Wildman–Crippen LogP) is 2.05. The molecule has 116 valence electrons. The highest BCUT2D eigenvalue weighted by Gasteiger charge is 2.28. The molecule has 0 spiro atoms. The van der Waals surface area contributed by atoms with E-state index in [1.807, 2.05) is 36.7 Å². The topological polar surface area (TPSA) is 50.2 Å². The number of aromatic nitrogens is 2. The van der Waals surface area contributed by atoms with Gasteiger partial charge in [-0.25, -0.2) is 0 Å². The molecular formula is C14H21ClN4OS. The normalized spacial score (nSPS) is 18.2. The van der Waals surface area contributed by atoms with Gasteiger partial charge in [0.15, 0.2) is 0 Å². The van der Waals surface area contributed by atoms with E-state index in [1.54, 1.807) is 11.3 Å². The van der Waals surface area contributed by atoms with Gasteiger partial charge in [-0.2, -0.15) is 5.10 Å². The first-order chi connectivity index (χ1) is 9.60. The number of nitrogens with one attached hydrogen (secondary N) is 1. The van der Waals surface area contributed by atoms with Crippen LogP contribution in [0.3, 0.4) is 0 Å². The Hall–Kier alpha value is -1.11. The van der Waals surface area contributed by atoms with Gasteiger partial charge in [0.1, 0.15) is 4.83 Å². The van der Waals surface area contributed by atoms with Crippen molar-refractivity contribution in [2.24, 2.45) is 13.0 Å². The van der Waals surface area contributed by atoms with E-state index in [9.17, 15) is 4.79 Å². The Morgan fingerprint density at radius 2 is 2.33 bits per heavy atom. The van der Waals surface area contributed by atoms with E-state index in [-0.39, 0.29) is 18.3 Å². The van der Waals surface area contributed by atoms with E-state index >= 15 is 0 Å². The second-order valence-electron chi connectivity index (χ2n) is 5.50. The van der Waals surface area contributed by atoms with Crippen LogP contribution in [0.4, 0.5) is 0 Å². The summed E-state index contributed by atoms with van der Waals surface area (Å²) in [5, 5.41) is 8.68. The summed E-state index contributed by atoms with van der Waals surface area (Å²) in [5.74, 6) is 0.755. The molecular weight excluding hydrogens is 308 g/mol. The molecule has 0 bridgehead atoms. The molecule has 7 heteroatoms. The maximum Gasteiger partial charge on any atom is 0.264 e. The summed E-state index contributed by atoms with van der Waals surface area (Å²) in [6.07, 6.45) is 1.10. The summed E-state index contributed by atoms with van der Waals surface area (Å²) in [7, 11) is 3.89. The molecule has 1 amide bonds. The molecule has 0 aliphatic carbocycles. The molecule has 3 heterocycles. The minimum absolute atomic E-state index is 0. The molecule has 0 radical (unpaired) electrons. The number of thiophene rings is 1. The molecule has 1 unspecified atom stereocenters. The van der Waals surface area contributed by atoms with E-state index in [2.05, 4.69) is 10.4 Å². The van der Waals surface area contributed by atoms with E-state index < -0.39 is 0 Å². The minimum Gasteiger partial charge on any atom is -0.338 e. The number of hydrogen-bond donors (Lipinski definition) is 1. The summed E-state index contributed by atoms with van der Waals surface area (Å²) < 4.78 is 1.86. The van der Waals surface area contributed by atoms with E-state index in [0.29, 0.717) is 5.92 Å². The number of fused-ring (bicyclic) bond motifs is 1. The Kier molecular flexibility index (Phi) is 4.91. The second-order valence-corrected chi connectivity index (χ2v) is 6.53. The molecule has 1 aliphatic heterocycles. The van der Waals surface area contributed by atoms with Gasteiger partial charge in [0.2, 0.25) is 0 Å². The quantitative estimate of drug-likeness (QED) is 0.938. The van der Waals surface area contributed by atoms with Gasteiger partial charge in [-0.1, -0.05) is 0 Å². The van der Waals surface area contributed by atoms with Crippen LogP contribution >= 0.6 is 23.7 Å². The Labute approximate surface area is 134 Å². The fourth-order valence-corrected chi connectivity index (χ4v) is 4.03. The van der Waals surface area contributed by atoms with Crippen LogP contribution in [-0.2, 0) is 7.05 Å². The zero-order valence-corrected chi connectivity index (χ0v) is 14.2. The van der Waals surface area contributed by atoms with Crippen LogP contribution in [0.1, 0.15) is 21.8 Å². The fraction of sp³-hybridized carbons (Fsp3) is 0.571. The first kappa shape index (κ1) is 16.3. The van der Waals surface area contributed by atoms with Crippen LogP contribution in [0.5, 0.6) is 0 Å². The summed E-state index contributed by atoms with van der Waals surface area (Å²) in [6.45, 7) is 4.71. The Morgan fingerprint density at radius 3 is 3.00 bits per heavy atom. The molecule has 1 N–H and O–H groups in total. The number of rotatable bonds is 3. The summed E-state index contributed by atoms with van der Waals surface area (Å²) >= 11 is 1.55. The van der Waals surface area contributed by atoms with Crippen molar-refractivity contribution in [3.63, 3.8) is 0 Å². The minimum atomic E-state index is 0. The predicted molar refractivity (Wildman–Crippen MR) is 88.5 cm³/mol. The van der Waals surface area contributed by atoms with Crippen molar-refractivity contribution in [1.82, 2.24) is 20.0 Å². The maximum atomic E-state index is 12.6. The standard InChI is InChI=1S/C14H20N4OS.ClH/c1-9-11-6-12(20-14(11)17(3)16-9)13(19)18-5-4-10(8-18)7-15-2;/h6,10,15H,4-5,7-8H2,1-3H3;1H. The second kappa shape index (κ2) is 6.34. The first-order valence-electron chi connectivity index (χ1n) is 6.97. The average Bonchev–Trinajstić information content (AvgIpc) is 3.09. The average molecular weight is 329 g/mol. The highest BCUT2D eigenvalue weighted by molar-refractivity contribution is 7.20. The van der Waals surface area contributed by atoms with Crippen LogP contribution < -0.4 is 5.32 Å². The highest BCUT2D eigenvalue weighted by atomic mass is 35.5. The Bertz CT molecular complexity index is 616. The van der Waals surface area contributed by atoms with Crippen molar-refractivity contribution >= 4 is 39.9 Å². The molecule has 1 saturated heterocycles. The van der Waals surface area contributed by atoms with Crippen LogP contribution in [-0.4, -0.2) is 47.3 Å². The highest BCUT2D eigenvalue weighted by Crippen LogP contribution is 2.29.